The molecule has 1 fully saturated rings. The summed E-state index contributed by atoms with van der Waals surface area (Å²) in [6.07, 6.45) is 2.00. The van der Waals surface area contributed by atoms with E-state index < -0.39 is 0 Å². The summed E-state index contributed by atoms with van der Waals surface area (Å²) in [6.45, 7) is 3.50. The number of nitrogens with one attached hydrogen (secondary N) is 1. The van der Waals surface area contributed by atoms with Crippen molar-refractivity contribution in [3.05, 3.63) is 24.4 Å². The van der Waals surface area contributed by atoms with Crippen LogP contribution in [-0.2, 0) is 14.3 Å². The third-order valence-corrected chi connectivity index (χ3v) is 4.28. The Bertz CT molecular complexity index is 553. The molecule has 1 aliphatic heterocycles. The lowest BCUT2D eigenvalue weighted by atomic mass is 10.2. The highest BCUT2D eigenvalue weighted by molar-refractivity contribution is 5.85. The van der Waals surface area contributed by atoms with E-state index in [-0.39, 0.29) is 49.2 Å². The van der Waals surface area contributed by atoms with Gasteiger partial charge in [0, 0.05) is 59.0 Å². The number of hydrogen-bond acceptors (Lipinski definition) is 6. The predicted molar refractivity (Wildman–Crippen MR) is 110 cm³/mol. The van der Waals surface area contributed by atoms with E-state index in [1.165, 1.54) is 7.11 Å². The molecule has 27 heavy (non-hydrogen) atoms. The van der Waals surface area contributed by atoms with E-state index in [0.717, 1.165) is 18.9 Å². The second-order valence-electron chi connectivity index (χ2n) is 5.95. The van der Waals surface area contributed by atoms with Crippen molar-refractivity contribution in [1.29, 1.82) is 0 Å². The molecule has 1 aliphatic rings. The van der Waals surface area contributed by atoms with Crippen molar-refractivity contribution in [1.82, 2.24) is 15.2 Å². The lowest BCUT2D eigenvalue weighted by Crippen LogP contribution is -2.49. The van der Waals surface area contributed by atoms with Crippen LogP contribution < -0.4 is 16.0 Å². The Balaban J connectivity index is 0.00000338. The minimum atomic E-state index is -0.282. The van der Waals surface area contributed by atoms with Gasteiger partial charge < -0.3 is 25.6 Å². The molecule has 1 atom stereocenters. The summed E-state index contributed by atoms with van der Waals surface area (Å²) in [5.74, 6) is 0.850. The topological polar surface area (TPSA) is 101 Å². The van der Waals surface area contributed by atoms with E-state index in [1.807, 2.05) is 23.1 Å². The van der Waals surface area contributed by atoms with E-state index in [4.69, 9.17) is 10.5 Å². The first kappa shape index (κ1) is 25.4. The molecule has 154 valence electrons. The van der Waals surface area contributed by atoms with Crippen LogP contribution in [0.15, 0.2) is 24.4 Å². The van der Waals surface area contributed by atoms with E-state index in [9.17, 15) is 9.59 Å². The maximum Gasteiger partial charge on any atom is 0.224 e. The van der Waals surface area contributed by atoms with Crippen molar-refractivity contribution >= 4 is 42.4 Å². The largest absolute Gasteiger partial charge is 0.380 e. The normalized spacial score (nSPS) is 14.6. The van der Waals surface area contributed by atoms with Crippen LogP contribution in [0.5, 0.6) is 0 Å². The minimum absolute atomic E-state index is 0. The molecule has 0 spiro atoms. The number of aromatic nitrogens is 1. The lowest BCUT2D eigenvalue weighted by Gasteiger charge is -2.35. The summed E-state index contributed by atoms with van der Waals surface area (Å²) in [5.41, 5.74) is 5.49. The molecule has 0 radical (unpaired) electrons. The second kappa shape index (κ2) is 13.5. The number of anilines is 1. The van der Waals surface area contributed by atoms with Gasteiger partial charge in [0.25, 0.3) is 0 Å². The zero-order valence-corrected chi connectivity index (χ0v) is 17.1. The van der Waals surface area contributed by atoms with Crippen molar-refractivity contribution in [2.75, 3.05) is 51.3 Å². The minimum Gasteiger partial charge on any atom is -0.380 e. The van der Waals surface area contributed by atoms with Crippen molar-refractivity contribution in [3.8, 4) is 0 Å². The lowest BCUT2D eigenvalue weighted by molar-refractivity contribution is -0.131. The molecule has 3 N–H and O–H groups in total. The fourth-order valence-corrected chi connectivity index (χ4v) is 2.73. The first-order valence-electron chi connectivity index (χ1n) is 8.57. The van der Waals surface area contributed by atoms with Crippen molar-refractivity contribution in [3.63, 3.8) is 0 Å². The van der Waals surface area contributed by atoms with Gasteiger partial charge in [-0.05, 0) is 12.1 Å². The Morgan fingerprint density at radius 3 is 2.52 bits per heavy atom. The molecule has 10 heteroatoms. The molecule has 8 nitrogen and oxygen atoms in total. The molecule has 0 bridgehead atoms. The number of carbonyl (C=O) groups is 2. The number of nitrogens with zero attached hydrogens (tertiary/aromatic N) is 3. The number of rotatable bonds is 8. The summed E-state index contributed by atoms with van der Waals surface area (Å²) < 4.78 is 5.07. The summed E-state index contributed by atoms with van der Waals surface area (Å²) in [5, 5.41) is 2.74. The number of hydrogen-bond donors (Lipinski definition) is 2. The zero-order chi connectivity index (χ0) is 18.1. The molecule has 1 unspecified atom stereocenters. The van der Waals surface area contributed by atoms with Crippen molar-refractivity contribution in [2.45, 2.75) is 18.9 Å². The third kappa shape index (κ3) is 8.30. The van der Waals surface area contributed by atoms with E-state index in [1.54, 1.807) is 6.20 Å². The number of nitrogens with two attached hydrogens (primary N) is 1. The van der Waals surface area contributed by atoms with Gasteiger partial charge in [-0.3, -0.25) is 9.59 Å². The highest BCUT2D eigenvalue weighted by atomic mass is 35.5. The molecule has 0 aliphatic carbocycles. The van der Waals surface area contributed by atoms with Gasteiger partial charge in [-0.25, -0.2) is 4.98 Å². The molecule has 2 heterocycles. The first-order valence-corrected chi connectivity index (χ1v) is 8.57. The summed E-state index contributed by atoms with van der Waals surface area (Å²) >= 11 is 0. The quantitative estimate of drug-likeness (QED) is 0.631. The van der Waals surface area contributed by atoms with E-state index >= 15 is 0 Å². The van der Waals surface area contributed by atoms with Crippen molar-refractivity contribution < 1.29 is 14.3 Å². The fourth-order valence-electron chi connectivity index (χ4n) is 2.73. The standard InChI is InChI=1S/C17H27N5O3.2ClH/c1-25-14(13-18)12-16(23)20-7-5-17(24)22-10-8-21(9-11-22)15-4-2-3-6-19-15;;/h2-4,6,14H,5,7-13,18H2,1H3,(H,20,23);2*1H. The maximum atomic E-state index is 12.3. The number of methoxy groups -OCH3 is 1. The summed E-state index contributed by atoms with van der Waals surface area (Å²) in [7, 11) is 1.53. The third-order valence-electron chi connectivity index (χ3n) is 4.28. The smallest absolute Gasteiger partial charge is 0.224 e. The Morgan fingerprint density at radius 1 is 1.26 bits per heavy atom. The average molecular weight is 422 g/mol. The van der Waals surface area contributed by atoms with Crippen LogP contribution in [0.3, 0.4) is 0 Å². The van der Waals surface area contributed by atoms with Crippen LogP contribution in [0, 0.1) is 0 Å². The number of amides is 2. The van der Waals surface area contributed by atoms with Gasteiger partial charge >= 0.3 is 0 Å². The molecule has 0 aromatic carbocycles. The first-order chi connectivity index (χ1) is 12.1. The van der Waals surface area contributed by atoms with Gasteiger partial charge in [0.1, 0.15) is 5.82 Å². The fraction of sp³-hybridized carbons (Fsp3) is 0.588. The molecule has 1 aromatic rings. The predicted octanol–water partition coefficient (Wildman–Crippen LogP) is 0.444. The van der Waals surface area contributed by atoms with E-state index in [2.05, 4.69) is 15.2 Å². The van der Waals surface area contributed by atoms with Crippen LogP contribution in [0.25, 0.3) is 0 Å². The van der Waals surface area contributed by atoms with Crippen LogP contribution >= 0.6 is 24.8 Å². The van der Waals surface area contributed by atoms with Gasteiger partial charge in [-0.15, -0.1) is 24.8 Å². The molecular formula is C17H29Cl2N5O3. The zero-order valence-electron chi connectivity index (χ0n) is 15.5. The highest BCUT2D eigenvalue weighted by Gasteiger charge is 2.21. The Labute approximate surface area is 172 Å². The summed E-state index contributed by atoms with van der Waals surface area (Å²) in [6, 6.07) is 5.82. The monoisotopic (exact) mass is 421 g/mol. The SMILES string of the molecule is COC(CN)CC(=O)NCCC(=O)N1CCN(c2ccccn2)CC1.Cl.Cl. The Kier molecular flexibility index (Phi) is 12.7. The van der Waals surface area contributed by atoms with Gasteiger partial charge in [0.15, 0.2) is 0 Å². The van der Waals surface area contributed by atoms with Gasteiger partial charge in [0.2, 0.25) is 11.8 Å². The molecular weight excluding hydrogens is 393 g/mol. The molecule has 0 saturated carbocycles. The van der Waals surface area contributed by atoms with E-state index in [0.29, 0.717) is 32.6 Å². The van der Waals surface area contributed by atoms with Gasteiger partial charge in [0.05, 0.1) is 12.5 Å². The highest BCUT2D eigenvalue weighted by Crippen LogP contribution is 2.12. The van der Waals surface area contributed by atoms with Crippen LogP contribution in [0.1, 0.15) is 12.8 Å². The maximum absolute atomic E-state index is 12.3. The molecule has 2 amide bonds. The number of piperazine rings is 1. The van der Waals surface area contributed by atoms with Gasteiger partial charge in [-0.1, -0.05) is 6.07 Å². The number of carbonyl (C=O) groups excluding carboxylic acids is 2. The Morgan fingerprint density at radius 2 is 1.96 bits per heavy atom. The second-order valence-corrected chi connectivity index (χ2v) is 5.95. The van der Waals surface area contributed by atoms with Crippen LogP contribution in [0.4, 0.5) is 5.82 Å². The average Bonchev–Trinajstić information content (AvgIpc) is 2.66. The number of halogens is 2. The number of ether oxygens (including phenoxy) is 1. The Hall–Kier alpha value is -1.61. The molecule has 1 saturated heterocycles. The molecule has 2 rings (SSSR count). The van der Waals surface area contributed by atoms with Gasteiger partial charge in [-0.2, -0.15) is 0 Å². The summed E-state index contributed by atoms with van der Waals surface area (Å²) in [4.78, 5) is 32.3. The van der Waals surface area contributed by atoms with Crippen molar-refractivity contribution in [2.24, 2.45) is 5.73 Å². The van der Waals surface area contributed by atoms with Crippen LogP contribution in [0.2, 0.25) is 0 Å². The number of pyridine rings is 1. The van der Waals surface area contributed by atoms with Crippen LogP contribution in [-0.4, -0.2) is 74.2 Å². The molecule has 1 aromatic heterocycles.